The van der Waals surface area contributed by atoms with E-state index >= 15 is 0 Å². The first-order valence-corrected chi connectivity index (χ1v) is 4.31. The van der Waals surface area contributed by atoms with Crippen LogP contribution in [0.5, 0.6) is 0 Å². The SMILES string of the molecule is CC#Cc1ccc(C(=O)ON)c(C(=O)O)c1. The van der Waals surface area contributed by atoms with Crippen LogP contribution in [0.15, 0.2) is 18.2 Å². The summed E-state index contributed by atoms with van der Waals surface area (Å²) in [7, 11) is 0. The number of rotatable bonds is 2. The molecule has 0 spiro atoms. The first-order chi connectivity index (χ1) is 7.60. The fourth-order valence-electron chi connectivity index (χ4n) is 1.18. The number of benzene rings is 1. The summed E-state index contributed by atoms with van der Waals surface area (Å²) >= 11 is 0. The maximum atomic E-state index is 11.2. The van der Waals surface area contributed by atoms with Crippen molar-refractivity contribution in [3.05, 3.63) is 34.9 Å². The zero-order valence-corrected chi connectivity index (χ0v) is 8.48. The Balaban J connectivity index is 3.34. The summed E-state index contributed by atoms with van der Waals surface area (Å²) < 4.78 is 0. The minimum absolute atomic E-state index is 0.100. The average Bonchev–Trinajstić information content (AvgIpc) is 2.28. The van der Waals surface area contributed by atoms with Crippen LogP contribution in [0.2, 0.25) is 0 Å². The molecule has 0 unspecified atom stereocenters. The lowest BCUT2D eigenvalue weighted by Crippen LogP contribution is -2.15. The monoisotopic (exact) mass is 219 g/mol. The minimum atomic E-state index is -1.24. The van der Waals surface area contributed by atoms with Gasteiger partial charge in [0.2, 0.25) is 0 Å². The number of carbonyl (C=O) groups is 2. The molecule has 5 heteroatoms. The Bertz CT molecular complexity index is 496. The van der Waals surface area contributed by atoms with Gasteiger partial charge in [0.1, 0.15) is 0 Å². The van der Waals surface area contributed by atoms with E-state index in [4.69, 9.17) is 11.0 Å². The van der Waals surface area contributed by atoms with Crippen LogP contribution in [0.25, 0.3) is 0 Å². The second kappa shape index (κ2) is 4.96. The molecule has 0 saturated carbocycles. The summed E-state index contributed by atoms with van der Waals surface area (Å²) in [6.07, 6.45) is 0. The van der Waals surface area contributed by atoms with Gasteiger partial charge in [-0.25, -0.2) is 9.59 Å². The van der Waals surface area contributed by atoms with Crippen molar-refractivity contribution in [3.8, 4) is 11.8 Å². The lowest BCUT2D eigenvalue weighted by molar-refractivity contribution is 0.0493. The normalized spacial score (nSPS) is 8.88. The van der Waals surface area contributed by atoms with Crippen molar-refractivity contribution in [1.29, 1.82) is 0 Å². The smallest absolute Gasteiger partial charge is 0.357 e. The third kappa shape index (κ3) is 2.38. The highest BCUT2D eigenvalue weighted by molar-refractivity contribution is 6.02. The molecule has 0 saturated heterocycles. The van der Waals surface area contributed by atoms with Crippen LogP contribution in [0, 0.1) is 11.8 Å². The molecule has 0 aliphatic carbocycles. The first-order valence-electron chi connectivity index (χ1n) is 4.31. The van der Waals surface area contributed by atoms with Gasteiger partial charge in [0.25, 0.3) is 0 Å². The number of hydrogen-bond donors (Lipinski definition) is 2. The maximum Gasteiger partial charge on any atom is 0.357 e. The van der Waals surface area contributed by atoms with Crippen molar-refractivity contribution in [3.63, 3.8) is 0 Å². The van der Waals surface area contributed by atoms with Gasteiger partial charge in [-0.1, -0.05) is 5.92 Å². The van der Waals surface area contributed by atoms with Gasteiger partial charge in [0, 0.05) is 5.56 Å². The van der Waals surface area contributed by atoms with E-state index in [0.717, 1.165) is 0 Å². The lowest BCUT2D eigenvalue weighted by Gasteiger charge is -2.03. The zero-order chi connectivity index (χ0) is 12.1. The van der Waals surface area contributed by atoms with Gasteiger partial charge in [-0.2, -0.15) is 5.90 Å². The Kier molecular flexibility index (Phi) is 3.64. The molecule has 82 valence electrons. The van der Waals surface area contributed by atoms with Crippen LogP contribution in [0.4, 0.5) is 0 Å². The topological polar surface area (TPSA) is 89.6 Å². The molecule has 0 aliphatic rings. The summed E-state index contributed by atoms with van der Waals surface area (Å²) in [5.41, 5.74) is 0.223. The molecule has 0 aromatic heterocycles. The molecular weight excluding hydrogens is 210 g/mol. The number of nitrogens with two attached hydrogens (primary N) is 1. The second-order valence-corrected chi connectivity index (χ2v) is 2.85. The Morgan fingerprint density at radius 2 is 2.06 bits per heavy atom. The molecule has 1 rings (SSSR count). The third-order valence-corrected chi connectivity index (χ3v) is 1.85. The molecule has 0 atom stereocenters. The summed E-state index contributed by atoms with van der Waals surface area (Å²) in [5.74, 6) is 7.89. The van der Waals surface area contributed by atoms with Crippen LogP contribution in [-0.2, 0) is 4.84 Å². The Hall–Kier alpha value is -2.32. The van der Waals surface area contributed by atoms with Gasteiger partial charge in [-0.15, -0.1) is 5.92 Å². The van der Waals surface area contributed by atoms with Gasteiger partial charge < -0.3 is 9.94 Å². The van der Waals surface area contributed by atoms with Crippen molar-refractivity contribution >= 4 is 11.9 Å². The van der Waals surface area contributed by atoms with E-state index < -0.39 is 11.9 Å². The van der Waals surface area contributed by atoms with Gasteiger partial charge in [-0.3, -0.25) is 0 Å². The van der Waals surface area contributed by atoms with Crippen molar-refractivity contribution in [1.82, 2.24) is 0 Å². The quantitative estimate of drug-likeness (QED) is 0.566. The molecular formula is C11H9NO4. The second-order valence-electron chi connectivity index (χ2n) is 2.85. The predicted octanol–water partition coefficient (Wildman–Crippen LogP) is 0.787. The predicted molar refractivity (Wildman–Crippen MR) is 55.6 cm³/mol. The van der Waals surface area contributed by atoms with E-state index in [2.05, 4.69) is 16.7 Å². The van der Waals surface area contributed by atoms with E-state index in [-0.39, 0.29) is 11.1 Å². The number of carboxylic acid groups (broad SMARTS) is 1. The van der Waals surface area contributed by atoms with Crippen LogP contribution in [0.1, 0.15) is 33.2 Å². The lowest BCUT2D eigenvalue weighted by atomic mass is 10.0. The molecule has 1 aromatic rings. The molecule has 0 fully saturated rings. The molecule has 0 heterocycles. The number of carboxylic acids is 1. The number of carbonyl (C=O) groups excluding carboxylic acids is 1. The third-order valence-electron chi connectivity index (χ3n) is 1.85. The maximum absolute atomic E-state index is 11.2. The largest absolute Gasteiger partial charge is 0.478 e. The number of aromatic carboxylic acids is 1. The molecule has 5 nitrogen and oxygen atoms in total. The standard InChI is InChI=1S/C11H9NO4/c1-2-3-7-4-5-8(11(15)16-12)9(6-7)10(13)14/h4-6H,12H2,1H3,(H,13,14). The Morgan fingerprint density at radius 3 is 2.56 bits per heavy atom. The zero-order valence-electron chi connectivity index (χ0n) is 8.48. The van der Waals surface area contributed by atoms with E-state index in [1.54, 1.807) is 6.92 Å². The van der Waals surface area contributed by atoms with Crippen LogP contribution >= 0.6 is 0 Å². The summed E-state index contributed by atoms with van der Waals surface area (Å²) in [6.45, 7) is 1.63. The van der Waals surface area contributed by atoms with Gasteiger partial charge in [0.05, 0.1) is 11.1 Å². The fraction of sp³-hybridized carbons (Fsp3) is 0.0909. The highest BCUT2D eigenvalue weighted by Crippen LogP contribution is 2.12. The van der Waals surface area contributed by atoms with Crippen LogP contribution in [0.3, 0.4) is 0 Å². The van der Waals surface area contributed by atoms with Crippen molar-refractivity contribution in [2.45, 2.75) is 6.92 Å². The van der Waals surface area contributed by atoms with Gasteiger partial charge >= 0.3 is 11.9 Å². The van der Waals surface area contributed by atoms with E-state index in [9.17, 15) is 9.59 Å². The minimum Gasteiger partial charge on any atom is -0.478 e. The summed E-state index contributed by atoms with van der Waals surface area (Å²) in [4.78, 5) is 26.1. The van der Waals surface area contributed by atoms with Crippen LogP contribution in [-0.4, -0.2) is 17.0 Å². The summed E-state index contributed by atoms with van der Waals surface area (Å²) in [5, 5.41) is 8.91. The van der Waals surface area contributed by atoms with Crippen molar-refractivity contribution in [2.24, 2.45) is 5.90 Å². The molecule has 0 radical (unpaired) electrons. The van der Waals surface area contributed by atoms with Crippen molar-refractivity contribution in [2.75, 3.05) is 0 Å². The molecule has 0 amide bonds. The van der Waals surface area contributed by atoms with Crippen LogP contribution < -0.4 is 5.90 Å². The molecule has 0 bridgehead atoms. The Morgan fingerprint density at radius 1 is 1.38 bits per heavy atom. The van der Waals surface area contributed by atoms with Gasteiger partial charge in [0.15, 0.2) is 0 Å². The molecule has 16 heavy (non-hydrogen) atoms. The average molecular weight is 219 g/mol. The summed E-state index contributed by atoms with van der Waals surface area (Å²) in [6, 6.07) is 4.14. The first kappa shape index (κ1) is 11.8. The fourth-order valence-corrected chi connectivity index (χ4v) is 1.18. The highest BCUT2D eigenvalue weighted by Gasteiger charge is 2.17. The Labute approximate surface area is 91.8 Å². The van der Waals surface area contributed by atoms with Gasteiger partial charge in [-0.05, 0) is 25.1 Å². The number of hydrogen-bond acceptors (Lipinski definition) is 4. The van der Waals surface area contributed by atoms with E-state index in [1.807, 2.05) is 0 Å². The molecule has 0 aliphatic heterocycles. The molecule has 1 aromatic carbocycles. The van der Waals surface area contributed by atoms with E-state index in [1.165, 1.54) is 18.2 Å². The van der Waals surface area contributed by atoms with E-state index in [0.29, 0.717) is 5.56 Å². The van der Waals surface area contributed by atoms with Crippen molar-refractivity contribution < 1.29 is 19.5 Å². The highest BCUT2D eigenvalue weighted by atomic mass is 16.7. The molecule has 3 N–H and O–H groups in total.